The van der Waals surface area contributed by atoms with Gasteiger partial charge in [0.15, 0.2) is 0 Å². The van der Waals surface area contributed by atoms with E-state index in [9.17, 15) is 5.11 Å². The van der Waals surface area contributed by atoms with Crippen molar-refractivity contribution in [1.82, 2.24) is 4.98 Å². The number of hydrogen-bond acceptors (Lipinski definition) is 4. The second-order valence-electron chi connectivity index (χ2n) is 4.29. The van der Waals surface area contributed by atoms with Crippen molar-refractivity contribution in [3.63, 3.8) is 0 Å². The van der Waals surface area contributed by atoms with Crippen LogP contribution in [0.1, 0.15) is 22.4 Å². The molecule has 0 radical (unpaired) electrons. The van der Waals surface area contributed by atoms with Gasteiger partial charge in [-0.2, -0.15) is 0 Å². The first-order valence-electron chi connectivity index (χ1n) is 5.79. The first-order chi connectivity index (χ1) is 8.74. The number of aliphatic hydroxyl groups is 1. The molecular formula is C14H13NO2S. The Morgan fingerprint density at radius 3 is 3.00 bits per heavy atom. The number of para-hydroxylation sites is 1. The van der Waals surface area contributed by atoms with Gasteiger partial charge in [0.1, 0.15) is 5.58 Å². The summed E-state index contributed by atoms with van der Waals surface area (Å²) in [6.45, 7) is 1.96. The highest BCUT2D eigenvalue weighted by Gasteiger charge is 2.16. The summed E-state index contributed by atoms with van der Waals surface area (Å²) in [4.78, 5) is 4.37. The van der Waals surface area contributed by atoms with Crippen LogP contribution in [0.25, 0.3) is 11.0 Å². The number of thiazole rings is 1. The Morgan fingerprint density at radius 1 is 1.39 bits per heavy atom. The molecule has 0 aliphatic heterocycles. The fourth-order valence-corrected chi connectivity index (χ4v) is 2.84. The van der Waals surface area contributed by atoms with E-state index in [-0.39, 0.29) is 0 Å². The molecular weight excluding hydrogens is 246 g/mol. The predicted octanol–water partition coefficient (Wildman–Crippen LogP) is 3.47. The largest absolute Gasteiger partial charge is 0.464 e. The molecule has 0 fully saturated rings. The zero-order valence-corrected chi connectivity index (χ0v) is 10.8. The molecule has 2 heterocycles. The van der Waals surface area contributed by atoms with E-state index in [1.165, 1.54) is 0 Å². The van der Waals surface area contributed by atoms with Crippen LogP contribution in [0.5, 0.6) is 0 Å². The number of rotatable bonds is 3. The summed E-state index contributed by atoms with van der Waals surface area (Å²) in [6.07, 6.45) is 1.59. The van der Waals surface area contributed by atoms with Gasteiger partial charge < -0.3 is 9.52 Å². The SMILES string of the molecule is Cc1csc(CC(O)c2coc3ccccc23)n1. The molecule has 1 N–H and O–H groups in total. The fraction of sp³-hybridized carbons (Fsp3) is 0.214. The highest BCUT2D eigenvalue weighted by Crippen LogP contribution is 2.28. The fourth-order valence-electron chi connectivity index (χ4n) is 2.03. The first kappa shape index (κ1) is 11.4. The Bertz CT molecular complexity index is 671. The molecule has 0 saturated heterocycles. The molecule has 0 amide bonds. The lowest BCUT2D eigenvalue weighted by Gasteiger charge is -2.06. The van der Waals surface area contributed by atoms with Gasteiger partial charge in [0.2, 0.25) is 0 Å². The van der Waals surface area contributed by atoms with Crippen molar-refractivity contribution in [2.45, 2.75) is 19.4 Å². The summed E-state index contributed by atoms with van der Waals surface area (Å²) in [6, 6.07) is 7.73. The number of aliphatic hydroxyl groups excluding tert-OH is 1. The second kappa shape index (κ2) is 4.55. The normalized spacial score (nSPS) is 13.0. The van der Waals surface area contributed by atoms with E-state index in [0.29, 0.717) is 6.42 Å². The van der Waals surface area contributed by atoms with E-state index in [2.05, 4.69) is 4.98 Å². The van der Waals surface area contributed by atoms with Crippen LogP contribution in [0.2, 0.25) is 0 Å². The highest BCUT2D eigenvalue weighted by molar-refractivity contribution is 7.09. The van der Waals surface area contributed by atoms with Crippen LogP contribution in [-0.2, 0) is 6.42 Å². The van der Waals surface area contributed by atoms with Crippen molar-refractivity contribution in [2.24, 2.45) is 0 Å². The molecule has 18 heavy (non-hydrogen) atoms. The minimum atomic E-state index is -0.570. The maximum atomic E-state index is 10.3. The Hall–Kier alpha value is -1.65. The number of furan rings is 1. The van der Waals surface area contributed by atoms with Crippen LogP contribution in [0.15, 0.2) is 40.3 Å². The number of nitrogens with zero attached hydrogens (tertiary/aromatic N) is 1. The maximum Gasteiger partial charge on any atom is 0.134 e. The van der Waals surface area contributed by atoms with Crippen LogP contribution < -0.4 is 0 Å². The lowest BCUT2D eigenvalue weighted by atomic mass is 10.1. The van der Waals surface area contributed by atoms with Gasteiger partial charge >= 0.3 is 0 Å². The number of aryl methyl sites for hydroxylation is 1. The van der Waals surface area contributed by atoms with Gasteiger partial charge in [-0.15, -0.1) is 11.3 Å². The quantitative estimate of drug-likeness (QED) is 0.783. The minimum absolute atomic E-state index is 0.530. The van der Waals surface area contributed by atoms with E-state index >= 15 is 0 Å². The van der Waals surface area contributed by atoms with Gasteiger partial charge in [-0.3, -0.25) is 0 Å². The van der Waals surface area contributed by atoms with Gasteiger partial charge in [-0.25, -0.2) is 4.98 Å². The first-order valence-corrected chi connectivity index (χ1v) is 6.67. The van der Waals surface area contributed by atoms with Gasteiger partial charge in [-0.1, -0.05) is 18.2 Å². The number of fused-ring (bicyclic) bond motifs is 1. The summed E-state index contributed by atoms with van der Waals surface area (Å²) < 4.78 is 5.44. The van der Waals surface area contributed by atoms with E-state index in [1.807, 2.05) is 36.6 Å². The van der Waals surface area contributed by atoms with E-state index in [1.54, 1.807) is 17.6 Å². The third-order valence-electron chi connectivity index (χ3n) is 2.90. The van der Waals surface area contributed by atoms with Crippen LogP contribution in [0.3, 0.4) is 0 Å². The molecule has 92 valence electrons. The van der Waals surface area contributed by atoms with Crippen LogP contribution in [0, 0.1) is 6.92 Å². The molecule has 2 aromatic heterocycles. The van der Waals surface area contributed by atoms with Gasteiger partial charge in [0.05, 0.1) is 17.4 Å². The van der Waals surface area contributed by atoms with Crippen molar-refractivity contribution >= 4 is 22.3 Å². The molecule has 0 bridgehead atoms. The standard InChI is InChI=1S/C14H13NO2S/c1-9-8-18-14(15-9)6-12(16)11-7-17-13-5-3-2-4-10(11)13/h2-5,7-8,12,16H,6H2,1H3. The average molecular weight is 259 g/mol. The molecule has 3 aromatic rings. The third-order valence-corrected chi connectivity index (χ3v) is 3.89. The predicted molar refractivity (Wildman–Crippen MR) is 71.7 cm³/mol. The molecule has 0 saturated carbocycles. The van der Waals surface area contributed by atoms with Crippen LogP contribution >= 0.6 is 11.3 Å². The van der Waals surface area contributed by atoms with Crippen molar-refractivity contribution in [2.75, 3.05) is 0 Å². The zero-order valence-electron chi connectivity index (χ0n) is 9.96. The zero-order chi connectivity index (χ0) is 12.5. The Kier molecular flexibility index (Phi) is 2.89. The van der Waals surface area contributed by atoms with Crippen molar-refractivity contribution in [3.8, 4) is 0 Å². The number of aromatic nitrogens is 1. The van der Waals surface area contributed by atoms with E-state index in [4.69, 9.17) is 4.42 Å². The van der Waals surface area contributed by atoms with Crippen LogP contribution in [0.4, 0.5) is 0 Å². The number of benzene rings is 1. The molecule has 1 aromatic carbocycles. The molecule has 0 aliphatic carbocycles. The van der Waals surface area contributed by atoms with E-state index in [0.717, 1.165) is 27.2 Å². The molecule has 4 heteroatoms. The third kappa shape index (κ3) is 2.05. The summed E-state index contributed by atoms with van der Waals surface area (Å²) in [5.74, 6) is 0. The molecule has 1 unspecified atom stereocenters. The number of hydrogen-bond donors (Lipinski definition) is 1. The van der Waals surface area contributed by atoms with Gasteiger partial charge in [0.25, 0.3) is 0 Å². The molecule has 0 aliphatic rings. The topological polar surface area (TPSA) is 46.3 Å². The second-order valence-corrected chi connectivity index (χ2v) is 5.23. The molecule has 1 atom stereocenters. The summed E-state index contributed by atoms with van der Waals surface area (Å²) >= 11 is 1.58. The van der Waals surface area contributed by atoms with Crippen molar-refractivity contribution in [1.29, 1.82) is 0 Å². The van der Waals surface area contributed by atoms with E-state index < -0.39 is 6.10 Å². The summed E-state index contributed by atoms with van der Waals surface area (Å²) in [7, 11) is 0. The Morgan fingerprint density at radius 2 is 2.22 bits per heavy atom. The smallest absolute Gasteiger partial charge is 0.134 e. The molecule has 3 rings (SSSR count). The Balaban J connectivity index is 1.90. The van der Waals surface area contributed by atoms with Crippen molar-refractivity contribution in [3.05, 3.63) is 52.2 Å². The maximum absolute atomic E-state index is 10.3. The average Bonchev–Trinajstić information content (AvgIpc) is 2.95. The highest BCUT2D eigenvalue weighted by atomic mass is 32.1. The van der Waals surface area contributed by atoms with Gasteiger partial charge in [0, 0.05) is 28.4 Å². The van der Waals surface area contributed by atoms with Gasteiger partial charge in [-0.05, 0) is 13.0 Å². The summed E-state index contributed by atoms with van der Waals surface area (Å²) in [5.41, 5.74) is 2.64. The summed E-state index contributed by atoms with van der Waals surface area (Å²) in [5, 5.41) is 14.2. The minimum Gasteiger partial charge on any atom is -0.464 e. The molecule has 3 nitrogen and oxygen atoms in total. The monoisotopic (exact) mass is 259 g/mol. The molecule has 0 spiro atoms. The lowest BCUT2D eigenvalue weighted by Crippen LogP contribution is -2.00. The van der Waals surface area contributed by atoms with Crippen LogP contribution in [-0.4, -0.2) is 10.1 Å². The Labute approximate surface area is 109 Å². The van der Waals surface area contributed by atoms with Crippen molar-refractivity contribution < 1.29 is 9.52 Å². The lowest BCUT2D eigenvalue weighted by molar-refractivity contribution is 0.178.